The number of aryl methyl sites for hydroxylation is 2. The van der Waals surface area contributed by atoms with Crippen LogP contribution in [0.15, 0.2) is 35.7 Å². The Hall–Kier alpha value is -2.18. The van der Waals surface area contributed by atoms with Gasteiger partial charge in [0, 0.05) is 16.5 Å². The number of carbonyl (C=O) groups excluding carboxylic acids is 1. The Morgan fingerprint density at radius 2 is 2.20 bits per heavy atom. The molecule has 0 bridgehead atoms. The minimum absolute atomic E-state index is 0.217. The van der Waals surface area contributed by atoms with Gasteiger partial charge in [0.05, 0.1) is 17.2 Å². The Labute approximate surface area is 155 Å². The Morgan fingerprint density at radius 3 is 2.96 bits per heavy atom. The highest BCUT2D eigenvalue weighted by Gasteiger charge is 2.14. The van der Waals surface area contributed by atoms with E-state index in [1.165, 1.54) is 11.3 Å². The molecule has 0 fully saturated rings. The van der Waals surface area contributed by atoms with Crippen LogP contribution in [0.1, 0.15) is 40.1 Å². The SMILES string of the molecule is CCCc1nc(C(=O)Nc2cc(C)nn2Cc2cccc(Cl)c2)cs1. The molecule has 1 amide bonds. The molecule has 3 rings (SSSR count). The number of anilines is 1. The minimum Gasteiger partial charge on any atom is -0.305 e. The first-order valence-electron chi connectivity index (χ1n) is 8.10. The molecule has 0 saturated carbocycles. The van der Waals surface area contributed by atoms with Crippen molar-refractivity contribution in [2.24, 2.45) is 0 Å². The molecule has 0 aliphatic heterocycles. The molecule has 0 atom stereocenters. The van der Waals surface area contributed by atoms with Crippen LogP contribution in [-0.4, -0.2) is 20.7 Å². The van der Waals surface area contributed by atoms with Crippen LogP contribution in [0.5, 0.6) is 0 Å². The lowest BCUT2D eigenvalue weighted by molar-refractivity contribution is 0.102. The standard InChI is InChI=1S/C18H19ClN4OS/c1-3-5-17-20-15(11-25-17)18(24)21-16-8-12(2)22-23(16)10-13-6-4-7-14(19)9-13/h4,6-9,11H,3,5,10H2,1-2H3,(H,21,24). The van der Waals surface area contributed by atoms with Crippen LogP contribution in [0.2, 0.25) is 5.02 Å². The Balaban J connectivity index is 1.77. The van der Waals surface area contributed by atoms with E-state index in [0.29, 0.717) is 23.1 Å². The molecule has 7 heteroatoms. The van der Waals surface area contributed by atoms with Gasteiger partial charge in [0.15, 0.2) is 0 Å². The van der Waals surface area contributed by atoms with E-state index in [4.69, 9.17) is 11.6 Å². The van der Waals surface area contributed by atoms with Crippen molar-refractivity contribution in [1.29, 1.82) is 0 Å². The summed E-state index contributed by atoms with van der Waals surface area (Å²) in [5.74, 6) is 0.429. The summed E-state index contributed by atoms with van der Waals surface area (Å²) in [7, 11) is 0. The zero-order chi connectivity index (χ0) is 17.8. The third-order valence-electron chi connectivity index (χ3n) is 3.61. The molecule has 2 aromatic heterocycles. The third-order valence-corrected chi connectivity index (χ3v) is 4.76. The van der Waals surface area contributed by atoms with Crippen molar-refractivity contribution in [3.05, 3.63) is 62.7 Å². The molecule has 130 valence electrons. The molecular weight excluding hydrogens is 356 g/mol. The molecule has 0 aliphatic carbocycles. The van der Waals surface area contributed by atoms with Crippen LogP contribution < -0.4 is 5.32 Å². The quantitative estimate of drug-likeness (QED) is 0.688. The molecule has 5 nitrogen and oxygen atoms in total. The molecular formula is C18H19ClN4OS. The summed E-state index contributed by atoms with van der Waals surface area (Å²) in [6.45, 7) is 4.52. The number of nitrogens with one attached hydrogen (secondary N) is 1. The van der Waals surface area contributed by atoms with Crippen molar-refractivity contribution in [2.45, 2.75) is 33.2 Å². The highest BCUT2D eigenvalue weighted by molar-refractivity contribution is 7.09. The van der Waals surface area contributed by atoms with Crippen molar-refractivity contribution in [3.63, 3.8) is 0 Å². The first kappa shape index (κ1) is 17.6. The average molecular weight is 375 g/mol. The maximum atomic E-state index is 12.5. The number of hydrogen-bond donors (Lipinski definition) is 1. The Bertz CT molecular complexity index is 887. The molecule has 1 aromatic carbocycles. The van der Waals surface area contributed by atoms with E-state index < -0.39 is 0 Å². The van der Waals surface area contributed by atoms with E-state index in [2.05, 4.69) is 22.3 Å². The molecule has 2 heterocycles. The predicted molar refractivity (Wildman–Crippen MR) is 102 cm³/mol. The first-order valence-corrected chi connectivity index (χ1v) is 9.35. The van der Waals surface area contributed by atoms with Gasteiger partial charge >= 0.3 is 0 Å². The smallest absolute Gasteiger partial charge is 0.276 e. The van der Waals surface area contributed by atoms with Gasteiger partial charge in [-0.2, -0.15) is 5.10 Å². The number of amides is 1. The number of hydrogen-bond acceptors (Lipinski definition) is 4. The fourth-order valence-electron chi connectivity index (χ4n) is 2.50. The second kappa shape index (κ2) is 7.80. The summed E-state index contributed by atoms with van der Waals surface area (Å²) in [4.78, 5) is 16.9. The summed E-state index contributed by atoms with van der Waals surface area (Å²) >= 11 is 7.56. The van der Waals surface area contributed by atoms with E-state index in [1.54, 1.807) is 10.1 Å². The fraction of sp³-hybridized carbons (Fsp3) is 0.278. The predicted octanol–water partition coefficient (Wildman–Crippen LogP) is 4.55. The summed E-state index contributed by atoms with van der Waals surface area (Å²) in [5.41, 5.74) is 2.30. The van der Waals surface area contributed by atoms with Crippen molar-refractivity contribution < 1.29 is 4.79 Å². The van der Waals surface area contributed by atoms with Crippen molar-refractivity contribution >= 4 is 34.7 Å². The van der Waals surface area contributed by atoms with E-state index in [1.807, 2.05) is 37.3 Å². The second-order valence-electron chi connectivity index (χ2n) is 5.79. The number of rotatable bonds is 6. The number of thiazole rings is 1. The highest BCUT2D eigenvalue weighted by Crippen LogP contribution is 2.18. The lowest BCUT2D eigenvalue weighted by Crippen LogP contribution is -2.16. The van der Waals surface area contributed by atoms with Gasteiger partial charge in [-0.25, -0.2) is 9.67 Å². The number of halogens is 1. The van der Waals surface area contributed by atoms with Crippen molar-refractivity contribution in [1.82, 2.24) is 14.8 Å². The van der Waals surface area contributed by atoms with Gasteiger partial charge in [-0.15, -0.1) is 11.3 Å². The first-order chi connectivity index (χ1) is 12.0. The summed E-state index contributed by atoms with van der Waals surface area (Å²) in [6, 6.07) is 9.45. The largest absolute Gasteiger partial charge is 0.305 e. The Kier molecular flexibility index (Phi) is 5.50. The summed E-state index contributed by atoms with van der Waals surface area (Å²) in [6.07, 6.45) is 1.91. The van der Waals surface area contributed by atoms with E-state index in [0.717, 1.165) is 29.1 Å². The molecule has 25 heavy (non-hydrogen) atoms. The summed E-state index contributed by atoms with van der Waals surface area (Å²) < 4.78 is 1.76. The van der Waals surface area contributed by atoms with Gasteiger partial charge in [-0.05, 0) is 37.5 Å². The number of nitrogens with zero attached hydrogens (tertiary/aromatic N) is 3. The van der Waals surface area contributed by atoms with Crippen molar-refractivity contribution in [3.8, 4) is 0 Å². The van der Waals surface area contributed by atoms with Gasteiger partial charge in [-0.3, -0.25) is 4.79 Å². The Morgan fingerprint density at radius 1 is 1.36 bits per heavy atom. The zero-order valence-electron chi connectivity index (χ0n) is 14.1. The monoisotopic (exact) mass is 374 g/mol. The van der Waals surface area contributed by atoms with Crippen LogP contribution in [-0.2, 0) is 13.0 Å². The zero-order valence-corrected chi connectivity index (χ0v) is 15.7. The minimum atomic E-state index is -0.217. The van der Waals surface area contributed by atoms with Crippen LogP contribution in [0.3, 0.4) is 0 Å². The highest BCUT2D eigenvalue weighted by atomic mass is 35.5. The third kappa shape index (κ3) is 4.46. The van der Waals surface area contributed by atoms with Gasteiger partial charge in [-0.1, -0.05) is 30.7 Å². The number of aromatic nitrogens is 3. The molecule has 0 saturated heterocycles. The maximum Gasteiger partial charge on any atom is 0.276 e. The molecule has 0 unspecified atom stereocenters. The van der Waals surface area contributed by atoms with Crippen LogP contribution in [0.25, 0.3) is 0 Å². The second-order valence-corrected chi connectivity index (χ2v) is 7.17. The van der Waals surface area contributed by atoms with Gasteiger partial charge in [0.2, 0.25) is 0 Å². The van der Waals surface area contributed by atoms with Gasteiger partial charge in [0.1, 0.15) is 11.5 Å². The lowest BCUT2D eigenvalue weighted by Gasteiger charge is -2.08. The van der Waals surface area contributed by atoms with Crippen LogP contribution in [0.4, 0.5) is 5.82 Å². The molecule has 0 radical (unpaired) electrons. The fourth-order valence-corrected chi connectivity index (χ4v) is 3.59. The molecule has 0 aliphatic rings. The van der Waals surface area contributed by atoms with E-state index in [9.17, 15) is 4.79 Å². The van der Waals surface area contributed by atoms with Gasteiger partial charge in [0.25, 0.3) is 5.91 Å². The number of benzene rings is 1. The molecule has 0 spiro atoms. The van der Waals surface area contributed by atoms with Gasteiger partial charge < -0.3 is 5.32 Å². The molecule has 3 aromatic rings. The van der Waals surface area contributed by atoms with E-state index in [-0.39, 0.29) is 5.91 Å². The normalized spacial score (nSPS) is 10.8. The lowest BCUT2D eigenvalue weighted by atomic mass is 10.2. The van der Waals surface area contributed by atoms with Crippen LogP contribution >= 0.6 is 22.9 Å². The number of carbonyl (C=O) groups is 1. The molecule has 1 N–H and O–H groups in total. The average Bonchev–Trinajstić information content (AvgIpc) is 3.15. The van der Waals surface area contributed by atoms with E-state index >= 15 is 0 Å². The topological polar surface area (TPSA) is 59.8 Å². The van der Waals surface area contributed by atoms with Crippen LogP contribution in [0, 0.1) is 6.92 Å². The summed E-state index contributed by atoms with van der Waals surface area (Å²) in [5, 5.41) is 10.8. The maximum absolute atomic E-state index is 12.5. The van der Waals surface area contributed by atoms with Crippen molar-refractivity contribution in [2.75, 3.05) is 5.32 Å².